The molecule has 2 aliphatic rings. The number of hydrogen-bond acceptors (Lipinski definition) is 6. The summed E-state index contributed by atoms with van der Waals surface area (Å²) >= 11 is 0. The highest BCUT2D eigenvalue weighted by molar-refractivity contribution is 5.89. The summed E-state index contributed by atoms with van der Waals surface area (Å²) in [6, 6.07) is 12.2. The molecular formula is C33H50N4O4. The van der Waals surface area contributed by atoms with Crippen LogP contribution in [0.4, 0.5) is 0 Å². The van der Waals surface area contributed by atoms with Gasteiger partial charge in [-0.15, -0.1) is 0 Å². The largest absolute Gasteiger partial charge is 0.508 e. The Morgan fingerprint density at radius 1 is 1.10 bits per heavy atom. The third-order valence-electron chi connectivity index (χ3n) is 9.05. The minimum absolute atomic E-state index is 0. The fourth-order valence-electron chi connectivity index (χ4n) is 6.18. The van der Waals surface area contributed by atoms with E-state index < -0.39 is 6.04 Å². The first-order valence-corrected chi connectivity index (χ1v) is 14.4. The molecule has 226 valence electrons. The van der Waals surface area contributed by atoms with Crippen LogP contribution in [0.25, 0.3) is 0 Å². The SMILES string of the molecule is C.CC(C)[C@@H](CN1CC[C@@](C)(c2cccc(O)c2)[C@@H](C)C1)NC(=O)C1Cc2ccc(O)cc2CN1C(=O)CN(C)C. The van der Waals surface area contributed by atoms with E-state index in [4.69, 9.17) is 0 Å². The van der Waals surface area contributed by atoms with E-state index in [2.05, 4.69) is 44.0 Å². The number of fused-ring (bicyclic) bond motifs is 1. The summed E-state index contributed by atoms with van der Waals surface area (Å²) in [6.45, 7) is 11.9. The number of rotatable bonds is 8. The maximum Gasteiger partial charge on any atom is 0.243 e. The molecular weight excluding hydrogens is 516 g/mol. The van der Waals surface area contributed by atoms with Crippen LogP contribution >= 0.6 is 0 Å². The van der Waals surface area contributed by atoms with Crippen LogP contribution < -0.4 is 5.32 Å². The normalized spacial score (nSPS) is 23.6. The highest BCUT2D eigenvalue weighted by Crippen LogP contribution is 2.40. The van der Waals surface area contributed by atoms with Gasteiger partial charge in [0.25, 0.3) is 0 Å². The summed E-state index contributed by atoms with van der Waals surface area (Å²) in [5.41, 5.74) is 3.02. The summed E-state index contributed by atoms with van der Waals surface area (Å²) in [4.78, 5) is 32.9. The first-order valence-electron chi connectivity index (χ1n) is 14.4. The maximum absolute atomic E-state index is 13.8. The van der Waals surface area contributed by atoms with Crippen LogP contribution in [0.1, 0.15) is 58.2 Å². The van der Waals surface area contributed by atoms with Gasteiger partial charge < -0.3 is 30.2 Å². The first kappa shape index (κ1) is 32.4. The quantitative estimate of drug-likeness (QED) is 0.447. The molecule has 4 atom stereocenters. The van der Waals surface area contributed by atoms with Crippen LogP contribution in [0.2, 0.25) is 0 Å². The molecule has 0 aliphatic carbocycles. The Bertz CT molecular complexity index is 1220. The predicted octanol–water partition coefficient (Wildman–Crippen LogP) is 3.99. The van der Waals surface area contributed by atoms with Crippen molar-refractivity contribution in [2.45, 2.75) is 72.0 Å². The third kappa shape index (κ3) is 7.41. The molecule has 3 N–H and O–H groups in total. The molecule has 0 radical (unpaired) electrons. The van der Waals surface area contributed by atoms with Crippen LogP contribution in [0.3, 0.4) is 0 Å². The molecule has 2 aromatic carbocycles. The van der Waals surface area contributed by atoms with Gasteiger partial charge in [-0.1, -0.05) is 53.3 Å². The van der Waals surface area contributed by atoms with Crippen LogP contribution in [0, 0.1) is 11.8 Å². The van der Waals surface area contributed by atoms with Gasteiger partial charge in [0.1, 0.15) is 17.5 Å². The van der Waals surface area contributed by atoms with Gasteiger partial charge in [0.05, 0.1) is 6.54 Å². The highest BCUT2D eigenvalue weighted by atomic mass is 16.3. The van der Waals surface area contributed by atoms with Crippen molar-refractivity contribution < 1.29 is 19.8 Å². The molecule has 0 spiro atoms. The molecule has 0 bridgehead atoms. The number of likely N-dealkylation sites (tertiary alicyclic amines) is 1. The molecule has 8 heteroatoms. The standard InChI is InChI=1S/C32H46N4O4.CH4/c1-21(2)28(19-35-13-12-32(4,22(3)17-35)25-8-7-9-26(37)16-25)33-31(40)29-15-23-10-11-27(38)14-24(23)18-36(29)30(39)20-34(5)6;/h7-11,14,16,21-22,28-29,37-38H,12-13,15,17-20H2,1-6H3,(H,33,40);1H4/t22-,28+,29?,32+;/m0./s1. The van der Waals surface area contributed by atoms with E-state index in [1.54, 1.807) is 23.1 Å². The Balaban J connectivity index is 0.00000462. The number of carbonyl (C=O) groups is 2. The zero-order valence-electron chi connectivity index (χ0n) is 24.9. The van der Waals surface area contributed by atoms with E-state index in [1.807, 2.05) is 37.2 Å². The Morgan fingerprint density at radius 2 is 1.80 bits per heavy atom. The smallest absolute Gasteiger partial charge is 0.243 e. The first-order chi connectivity index (χ1) is 18.9. The predicted molar refractivity (Wildman–Crippen MR) is 164 cm³/mol. The van der Waals surface area contributed by atoms with Crippen molar-refractivity contribution in [2.75, 3.05) is 40.3 Å². The molecule has 0 saturated carbocycles. The molecule has 2 aromatic rings. The molecule has 8 nitrogen and oxygen atoms in total. The zero-order valence-corrected chi connectivity index (χ0v) is 24.9. The minimum atomic E-state index is -0.597. The van der Waals surface area contributed by atoms with Crippen molar-refractivity contribution >= 4 is 11.8 Å². The number of phenols is 2. The molecule has 0 aromatic heterocycles. The Hall–Kier alpha value is -3.10. The molecule has 4 rings (SSSR count). The lowest BCUT2D eigenvalue weighted by Gasteiger charge is -2.46. The van der Waals surface area contributed by atoms with E-state index in [0.717, 1.165) is 37.2 Å². The molecule has 2 aliphatic heterocycles. The van der Waals surface area contributed by atoms with Gasteiger partial charge in [-0.2, -0.15) is 0 Å². The van der Waals surface area contributed by atoms with Crippen LogP contribution in [0.15, 0.2) is 42.5 Å². The monoisotopic (exact) mass is 566 g/mol. The molecule has 41 heavy (non-hydrogen) atoms. The van der Waals surface area contributed by atoms with Crippen molar-refractivity contribution in [1.82, 2.24) is 20.0 Å². The zero-order chi connectivity index (χ0) is 29.2. The van der Waals surface area contributed by atoms with E-state index >= 15 is 0 Å². The summed E-state index contributed by atoms with van der Waals surface area (Å²) < 4.78 is 0. The minimum Gasteiger partial charge on any atom is -0.508 e. The van der Waals surface area contributed by atoms with Crippen molar-refractivity contribution in [3.8, 4) is 11.5 Å². The summed E-state index contributed by atoms with van der Waals surface area (Å²) in [7, 11) is 3.69. The van der Waals surface area contributed by atoms with Crippen molar-refractivity contribution in [1.29, 1.82) is 0 Å². The second kappa shape index (κ2) is 13.3. The van der Waals surface area contributed by atoms with Gasteiger partial charge in [-0.3, -0.25) is 9.59 Å². The number of piperidine rings is 1. The van der Waals surface area contributed by atoms with Crippen molar-refractivity contribution in [3.63, 3.8) is 0 Å². The summed E-state index contributed by atoms with van der Waals surface area (Å²) in [5, 5.41) is 23.3. The van der Waals surface area contributed by atoms with Gasteiger partial charge >= 0.3 is 0 Å². The van der Waals surface area contributed by atoms with Crippen LogP contribution in [-0.2, 0) is 28.0 Å². The molecule has 1 saturated heterocycles. The highest BCUT2D eigenvalue weighted by Gasteiger charge is 2.40. The van der Waals surface area contributed by atoms with Gasteiger partial charge in [-0.25, -0.2) is 0 Å². The van der Waals surface area contributed by atoms with Gasteiger partial charge in [0.2, 0.25) is 11.8 Å². The van der Waals surface area contributed by atoms with Crippen molar-refractivity contribution in [2.24, 2.45) is 11.8 Å². The number of aromatic hydroxyl groups is 2. The second-order valence-electron chi connectivity index (χ2n) is 12.7. The van der Waals surface area contributed by atoms with Gasteiger partial charge in [-0.05, 0) is 85.3 Å². The molecule has 2 heterocycles. The molecule has 2 amide bonds. The van der Waals surface area contributed by atoms with E-state index in [1.165, 1.54) is 5.56 Å². The second-order valence-corrected chi connectivity index (χ2v) is 12.7. The average molecular weight is 567 g/mol. The van der Waals surface area contributed by atoms with E-state index in [9.17, 15) is 19.8 Å². The van der Waals surface area contributed by atoms with Gasteiger partial charge in [0, 0.05) is 32.1 Å². The van der Waals surface area contributed by atoms with Crippen LogP contribution in [-0.4, -0.2) is 89.1 Å². The van der Waals surface area contributed by atoms with E-state index in [-0.39, 0.29) is 48.9 Å². The number of benzene rings is 2. The fourth-order valence-corrected chi connectivity index (χ4v) is 6.18. The number of carbonyl (C=O) groups excluding carboxylic acids is 2. The number of phenolic OH excluding ortho intramolecular Hbond substituents is 2. The molecule has 1 unspecified atom stereocenters. The number of hydrogen-bond donors (Lipinski definition) is 3. The lowest BCUT2D eigenvalue weighted by Crippen LogP contribution is -2.58. The summed E-state index contributed by atoms with van der Waals surface area (Å²) in [5.74, 6) is 0.832. The maximum atomic E-state index is 13.8. The van der Waals surface area contributed by atoms with Crippen LogP contribution in [0.5, 0.6) is 11.5 Å². The van der Waals surface area contributed by atoms with E-state index in [0.29, 0.717) is 24.6 Å². The third-order valence-corrected chi connectivity index (χ3v) is 9.05. The Kier molecular flexibility index (Phi) is 10.5. The fraction of sp³-hybridized carbons (Fsp3) is 0.576. The Labute approximate surface area is 246 Å². The number of nitrogens with one attached hydrogen (secondary N) is 1. The lowest BCUT2D eigenvalue weighted by atomic mass is 9.68. The van der Waals surface area contributed by atoms with Crippen molar-refractivity contribution in [3.05, 3.63) is 59.2 Å². The number of likely N-dealkylation sites (N-methyl/N-ethyl adjacent to an activating group) is 1. The van der Waals surface area contributed by atoms with Gasteiger partial charge in [0.15, 0.2) is 0 Å². The average Bonchev–Trinajstić information content (AvgIpc) is 2.89. The Morgan fingerprint density at radius 3 is 2.44 bits per heavy atom. The number of nitrogens with zero attached hydrogens (tertiary/aromatic N) is 3. The lowest BCUT2D eigenvalue weighted by molar-refractivity contribution is -0.142. The number of amides is 2. The summed E-state index contributed by atoms with van der Waals surface area (Å²) in [6.07, 6.45) is 1.39. The topological polar surface area (TPSA) is 96.3 Å². The molecule has 1 fully saturated rings.